The molecule has 0 fully saturated rings. The van der Waals surface area contributed by atoms with Crippen LogP contribution in [0.1, 0.15) is 105 Å². The molecule has 0 heterocycles. The predicted octanol–water partition coefficient (Wildman–Crippen LogP) is 9.68. The van der Waals surface area contributed by atoms with Crippen LogP contribution in [0.25, 0.3) is 0 Å². The summed E-state index contributed by atoms with van der Waals surface area (Å²) in [5.74, 6) is 0. The van der Waals surface area contributed by atoms with Crippen molar-refractivity contribution in [1.29, 1.82) is 0 Å². The van der Waals surface area contributed by atoms with Crippen LogP contribution < -0.4 is 0 Å². The van der Waals surface area contributed by atoms with Crippen molar-refractivity contribution in [2.75, 3.05) is 0 Å². The SMILES string of the molecule is CC(C)(C)c1ccc(SSc2ccc(C(C)(C)C)cc2C(C)(C)C)c(C(C)(C)C)c1. The van der Waals surface area contributed by atoms with E-state index >= 15 is 0 Å². The van der Waals surface area contributed by atoms with E-state index in [-0.39, 0.29) is 21.7 Å². The average molecular weight is 443 g/mol. The third-order valence-electron chi connectivity index (χ3n) is 5.53. The molecule has 0 radical (unpaired) electrons. The lowest BCUT2D eigenvalue weighted by molar-refractivity contribution is 0.559. The Morgan fingerprint density at radius 1 is 0.433 bits per heavy atom. The Bertz CT molecular complexity index is 803. The van der Waals surface area contributed by atoms with Gasteiger partial charge >= 0.3 is 0 Å². The summed E-state index contributed by atoms with van der Waals surface area (Å²) in [7, 11) is 3.81. The van der Waals surface area contributed by atoms with Crippen molar-refractivity contribution < 1.29 is 0 Å². The van der Waals surface area contributed by atoms with Crippen molar-refractivity contribution in [3.05, 3.63) is 58.7 Å². The fourth-order valence-corrected chi connectivity index (χ4v) is 6.15. The van der Waals surface area contributed by atoms with Crippen LogP contribution in [-0.4, -0.2) is 0 Å². The quantitative estimate of drug-likeness (QED) is 0.434. The van der Waals surface area contributed by atoms with Crippen molar-refractivity contribution in [2.45, 2.75) is 115 Å². The van der Waals surface area contributed by atoms with Crippen molar-refractivity contribution in [1.82, 2.24) is 0 Å². The topological polar surface area (TPSA) is 0 Å². The van der Waals surface area contributed by atoms with Crippen LogP contribution in [0.4, 0.5) is 0 Å². The number of benzene rings is 2. The van der Waals surface area contributed by atoms with E-state index in [1.54, 1.807) is 0 Å². The summed E-state index contributed by atoms with van der Waals surface area (Å²) in [5.41, 5.74) is 6.27. The van der Waals surface area contributed by atoms with Crippen LogP contribution in [0.3, 0.4) is 0 Å². The third-order valence-corrected chi connectivity index (χ3v) is 8.01. The second-order valence-corrected chi connectivity index (χ2v) is 14.8. The molecule has 0 atom stereocenters. The van der Waals surface area contributed by atoms with E-state index in [1.165, 1.54) is 32.0 Å². The van der Waals surface area contributed by atoms with Crippen LogP contribution in [0.5, 0.6) is 0 Å². The van der Waals surface area contributed by atoms with Crippen LogP contribution in [-0.2, 0) is 21.7 Å². The van der Waals surface area contributed by atoms with Gasteiger partial charge in [0.05, 0.1) is 0 Å². The first-order chi connectivity index (χ1) is 13.4. The van der Waals surface area contributed by atoms with E-state index in [1.807, 2.05) is 21.6 Å². The molecule has 2 heteroatoms. The van der Waals surface area contributed by atoms with Gasteiger partial charge in [0.15, 0.2) is 0 Å². The Kier molecular flexibility index (Phi) is 7.27. The normalized spacial score (nSPS) is 13.6. The fraction of sp³-hybridized carbons (Fsp3) is 0.571. The van der Waals surface area contributed by atoms with Gasteiger partial charge in [0, 0.05) is 9.79 Å². The highest BCUT2D eigenvalue weighted by Crippen LogP contribution is 2.46. The van der Waals surface area contributed by atoms with Gasteiger partial charge in [-0.1, -0.05) is 129 Å². The largest absolute Gasteiger partial charge is 0.0573 e. The second kappa shape index (κ2) is 8.58. The molecule has 2 rings (SSSR count). The van der Waals surface area contributed by atoms with Crippen LogP contribution in [0.2, 0.25) is 0 Å². The molecule has 0 N–H and O–H groups in total. The maximum absolute atomic E-state index is 2.43. The molecule has 0 bridgehead atoms. The summed E-state index contributed by atoms with van der Waals surface area (Å²) >= 11 is 0. The van der Waals surface area contributed by atoms with E-state index in [4.69, 9.17) is 0 Å². The Labute approximate surface area is 194 Å². The van der Waals surface area contributed by atoms with Gasteiger partial charge in [-0.2, -0.15) is 0 Å². The van der Waals surface area contributed by atoms with Gasteiger partial charge in [0.1, 0.15) is 0 Å². The molecule has 30 heavy (non-hydrogen) atoms. The van der Waals surface area contributed by atoms with Gasteiger partial charge in [0.2, 0.25) is 0 Å². The number of rotatable bonds is 3. The Morgan fingerprint density at radius 3 is 0.967 bits per heavy atom. The van der Waals surface area contributed by atoms with Gasteiger partial charge < -0.3 is 0 Å². The first-order valence-corrected chi connectivity index (χ1v) is 13.2. The summed E-state index contributed by atoms with van der Waals surface area (Å²) in [6.07, 6.45) is 0. The summed E-state index contributed by atoms with van der Waals surface area (Å²) in [5, 5.41) is 0. The molecule has 0 aromatic heterocycles. The molecule has 0 nitrogen and oxygen atoms in total. The van der Waals surface area contributed by atoms with E-state index < -0.39 is 0 Å². The lowest BCUT2D eigenvalue weighted by atomic mass is 9.81. The molecular formula is C28H42S2. The highest BCUT2D eigenvalue weighted by atomic mass is 33.1. The lowest BCUT2D eigenvalue weighted by Crippen LogP contribution is -2.17. The molecule has 0 saturated heterocycles. The minimum Gasteiger partial charge on any atom is -0.0573 e. The maximum Gasteiger partial charge on any atom is 0.0223 e. The Balaban J connectivity index is 2.44. The molecule has 0 aliphatic carbocycles. The van der Waals surface area contributed by atoms with Gasteiger partial charge in [0.25, 0.3) is 0 Å². The van der Waals surface area contributed by atoms with Crippen molar-refractivity contribution in [2.24, 2.45) is 0 Å². The maximum atomic E-state index is 2.43. The van der Waals surface area contributed by atoms with E-state index in [9.17, 15) is 0 Å². The summed E-state index contributed by atoms with van der Waals surface area (Å²) in [6.45, 7) is 27.7. The molecule has 0 unspecified atom stereocenters. The van der Waals surface area contributed by atoms with Crippen LogP contribution in [0, 0.1) is 0 Å². The van der Waals surface area contributed by atoms with Gasteiger partial charge in [-0.3, -0.25) is 0 Å². The Morgan fingerprint density at radius 2 is 0.733 bits per heavy atom. The van der Waals surface area contributed by atoms with Gasteiger partial charge in [-0.05, 0) is 56.0 Å². The number of hydrogen-bond donors (Lipinski definition) is 0. The molecule has 2 aromatic rings. The molecule has 0 saturated carbocycles. The van der Waals surface area contributed by atoms with Crippen molar-refractivity contribution in [3.63, 3.8) is 0 Å². The average Bonchev–Trinajstić information content (AvgIpc) is 2.56. The number of hydrogen-bond acceptors (Lipinski definition) is 2. The first-order valence-electron chi connectivity index (χ1n) is 11.1. The zero-order valence-electron chi connectivity index (χ0n) is 21.3. The minimum absolute atomic E-state index is 0.118. The van der Waals surface area contributed by atoms with Crippen molar-refractivity contribution in [3.8, 4) is 0 Å². The van der Waals surface area contributed by atoms with Crippen LogP contribution in [0.15, 0.2) is 46.2 Å². The third kappa shape index (κ3) is 6.33. The monoisotopic (exact) mass is 442 g/mol. The van der Waals surface area contributed by atoms with Gasteiger partial charge in [-0.25, -0.2) is 0 Å². The second-order valence-electron chi connectivity index (χ2n) is 12.6. The van der Waals surface area contributed by atoms with Crippen molar-refractivity contribution >= 4 is 21.6 Å². The summed E-state index contributed by atoms with van der Waals surface area (Å²) < 4.78 is 0. The molecular weight excluding hydrogens is 400 g/mol. The van der Waals surface area contributed by atoms with Crippen LogP contribution >= 0.6 is 21.6 Å². The zero-order valence-corrected chi connectivity index (χ0v) is 22.9. The molecule has 0 amide bonds. The molecule has 0 aliphatic rings. The minimum atomic E-state index is 0.118. The molecule has 0 spiro atoms. The highest BCUT2D eigenvalue weighted by molar-refractivity contribution is 8.76. The zero-order chi connectivity index (χ0) is 23.1. The summed E-state index contributed by atoms with van der Waals surface area (Å²) in [4.78, 5) is 2.75. The standard InChI is InChI=1S/C28H42S2/c1-25(2,3)19-13-15-23(21(17-19)27(7,8)9)29-30-24-16-14-20(26(4,5)6)18-22(24)28(10,11)12/h13-18H,1-12H3. The molecule has 166 valence electrons. The van der Waals surface area contributed by atoms with E-state index in [2.05, 4.69) is 119 Å². The summed E-state index contributed by atoms with van der Waals surface area (Å²) in [6, 6.07) is 14.1. The highest BCUT2D eigenvalue weighted by Gasteiger charge is 2.25. The fourth-order valence-electron chi connectivity index (χ4n) is 3.40. The smallest absolute Gasteiger partial charge is 0.0223 e. The molecule has 0 aliphatic heterocycles. The molecule has 2 aromatic carbocycles. The Hall–Kier alpha value is -0.860. The predicted molar refractivity (Wildman–Crippen MR) is 139 cm³/mol. The lowest BCUT2D eigenvalue weighted by Gasteiger charge is -2.28. The van der Waals surface area contributed by atoms with Gasteiger partial charge in [-0.15, -0.1) is 0 Å². The van der Waals surface area contributed by atoms with E-state index in [0.29, 0.717) is 0 Å². The first kappa shape index (κ1) is 25.4. The van der Waals surface area contributed by atoms with E-state index in [0.717, 1.165) is 0 Å².